The van der Waals surface area contributed by atoms with Crippen molar-refractivity contribution < 1.29 is 0 Å². The number of nitrogens with zero attached hydrogens (tertiary/aromatic N) is 6. The fourth-order valence-corrected chi connectivity index (χ4v) is 9.78. The molecule has 0 radical (unpaired) electrons. The molecule has 13 rings (SSSR count). The van der Waals surface area contributed by atoms with E-state index in [0.717, 1.165) is 77.5 Å². The van der Waals surface area contributed by atoms with E-state index in [2.05, 4.69) is 208 Å². The van der Waals surface area contributed by atoms with Crippen molar-refractivity contribution in [1.29, 1.82) is 0 Å². The van der Waals surface area contributed by atoms with Crippen LogP contribution in [0.1, 0.15) is 0 Å². The molecule has 0 N–H and O–H groups in total. The summed E-state index contributed by atoms with van der Waals surface area (Å²) in [7, 11) is 0. The van der Waals surface area contributed by atoms with E-state index in [1.807, 2.05) is 24.3 Å². The molecule has 13 aromatic rings. The zero-order valence-electron chi connectivity index (χ0n) is 34.0. The molecule has 9 aromatic carbocycles. The molecule has 0 atom stereocenters. The summed E-state index contributed by atoms with van der Waals surface area (Å²) in [6.45, 7) is 0. The second-order valence-electron chi connectivity index (χ2n) is 16.0. The number of para-hydroxylation sites is 5. The van der Waals surface area contributed by atoms with E-state index in [1.165, 1.54) is 21.5 Å². The van der Waals surface area contributed by atoms with Crippen LogP contribution in [-0.2, 0) is 0 Å². The number of aromatic nitrogens is 6. The maximum absolute atomic E-state index is 5.43. The molecule has 6 nitrogen and oxygen atoms in total. The van der Waals surface area contributed by atoms with Crippen molar-refractivity contribution in [1.82, 2.24) is 28.7 Å². The van der Waals surface area contributed by atoms with E-state index in [9.17, 15) is 0 Å². The average Bonchev–Trinajstić information content (AvgIpc) is 4.00. The van der Waals surface area contributed by atoms with Gasteiger partial charge in [-0.05, 0) is 59.7 Å². The van der Waals surface area contributed by atoms with Crippen LogP contribution in [0.4, 0.5) is 0 Å². The SMILES string of the molecule is c1ccc(-c2cccc(-c3nc(-c4ccccc4)nc(-n4c5ccccc5c5c4cc(-n4c6ccccc6c6ccccc64)c4c6ccccc6n(-c6ccccc6)c45)n3)c2)cc1. The number of hydrogen-bond donors (Lipinski definition) is 0. The Morgan fingerprint density at radius 1 is 0.286 bits per heavy atom. The van der Waals surface area contributed by atoms with Crippen molar-refractivity contribution in [2.45, 2.75) is 0 Å². The van der Waals surface area contributed by atoms with Gasteiger partial charge in [0, 0.05) is 49.1 Å². The number of fused-ring (bicyclic) bond motifs is 10. The monoisotopic (exact) mass is 804 g/mol. The van der Waals surface area contributed by atoms with Crippen molar-refractivity contribution in [3.8, 4) is 51.2 Å². The molecule has 4 aromatic heterocycles. The first-order valence-electron chi connectivity index (χ1n) is 21.3. The molecule has 0 aliphatic heterocycles. The molecule has 0 saturated heterocycles. The minimum Gasteiger partial charge on any atom is -0.308 e. The lowest BCUT2D eigenvalue weighted by Gasteiger charge is -2.15. The van der Waals surface area contributed by atoms with Crippen LogP contribution in [0.15, 0.2) is 218 Å². The lowest BCUT2D eigenvalue weighted by atomic mass is 10.0. The fraction of sp³-hybridized carbons (Fsp3) is 0. The highest BCUT2D eigenvalue weighted by molar-refractivity contribution is 6.29. The van der Waals surface area contributed by atoms with Gasteiger partial charge in [0.05, 0.1) is 38.8 Å². The van der Waals surface area contributed by atoms with Crippen molar-refractivity contribution in [3.63, 3.8) is 0 Å². The summed E-state index contributed by atoms with van der Waals surface area (Å²) < 4.78 is 7.16. The van der Waals surface area contributed by atoms with Crippen molar-refractivity contribution >= 4 is 65.4 Å². The van der Waals surface area contributed by atoms with E-state index in [4.69, 9.17) is 15.0 Å². The van der Waals surface area contributed by atoms with Gasteiger partial charge in [-0.15, -0.1) is 0 Å². The van der Waals surface area contributed by atoms with Crippen molar-refractivity contribution in [2.75, 3.05) is 0 Å². The molecule has 0 unspecified atom stereocenters. The molecule has 6 heteroatoms. The van der Waals surface area contributed by atoms with Gasteiger partial charge in [-0.25, -0.2) is 4.98 Å². The van der Waals surface area contributed by atoms with Gasteiger partial charge in [-0.1, -0.05) is 170 Å². The van der Waals surface area contributed by atoms with Gasteiger partial charge in [0.1, 0.15) is 0 Å². The average molecular weight is 805 g/mol. The Labute approximate surface area is 362 Å². The van der Waals surface area contributed by atoms with Crippen LogP contribution in [0.25, 0.3) is 117 Å². The van der Waals surface area contributed by atoms with Crippen LogP contribution in [0, 0.1) is 0 Å². The predicted molar refractivity (Wildman–Crippen MR) is 259 cm³/mol. The summed E-state index contributed by atoms with van der Waals surface area (Å²) in [6.07, 6.45) is 0. The second-order valence-corrected chi connectivity index (χ2v) is 16.0. The molecular formula is C57H36N6. The summed E-state index contributed by atoms with van der Waals surface area (Å²) >= 11 is 0. The topological polar surface area (TPSA) is 53.5 Å². The summed E-state index contributed by atoms with van der Waals surface area (Å²) in [6, 6.07) is 77.3. The number of benzene rings is 9. The Morgan fingerprint density at radius 3 is 1.38 bits per heavy atom. The van der Waals surface area contributed by atoms with Crippen LogP contribution >= 0.6 is 0 Å². The third kappa shape index (κ3) is 5.41. The van der Waals surface area contributed by atoms with Gasteiger partial charge in [0.2, 0.25) is 5.95 Å². The molecule has 294 valence electrons. The van der Waals surface area contributed by atoms with Crippen LogP contribution in [0.5, 0.6) is 0 Å². The van der Waals surface area contributed by atoms with Crippen molar-refractivity contribution in [2.24, 2.45) is 0 Å². The molecular weight excluding hydrogens is 769 g/mol. The Balaban J connectivity index is 1.21. The van der Waals surface area contributed by atoms with E-state index in [1.54, 1.807) is 0 Å². The zero-order valence-corrected chi connectivity index (χ0v) is 34.0. The van der Waals surface area contributed by atoms with E-state index >= 15 is 0 Å². The molecule has 0 saturated carbocycles. The standard InChI is InChI=1S/C57H36N6/c1-4-19-37(20-5-1)39-23-18-24-40(35-39)56-58-55(38-21-6-2-7-22-38)59-57(60-56)63-49-34-17-13-30-45(49)53-51(63)36-50(62-46-31-14-10-27-42(46)43-28-11-15-32-47(43)62)52-44-29-12-16-33-48(44)61(54(52)53)41-25-8-3-9-26-41/h1-36H. The third-order valence-electron chi connectivity index (χ3n) is 12.5. The molecule has 0 amide bonds. The molecule has 0 aliphatic carbocycles. The molecule has 0 fully saturated rings. The van der Waals surface area contributed by atoms with E-state index < -0.39 is 0 Å². The second kappa shape index (κ2) is 14.0. The smallest absolute Gasteiger partial charge is 0.238 e. The molecule has 0 aliphatic rings. The third-order valence-corrected chi connectivity index (χ3v) is 12.5. The maximum atomic E-state index is 5.43. The normalized spacial score (nSPS) is 11.8. The van der Waals surface area contributed by atoms with Gasteiger partial charge >= 0.3 is 0 Å². The fourth-order valence-electron chi connectivity index (χ4n) is 9.78. The predicted octanol–water partition coefficient (Wildman–Crippen LogP) is 14.2. The Bertz CT molecular complexity index is 3850. The van der Waals surface area contributed by atoms with Gasteiger partial charge in [0.15, 0.2) is 11.6 Å². The largest absolute Gasteiger partial charge is 0.308 e. The maximum Gasteiger partial charge on any atom is 0.238 e. The first kappa shape index (κ1) is 35.2. The Hall–Kier alpha value is -8.61. The molecule has 63 heavy (non-hydrogen) atoms. The van der Waals surface area contributed by atoms with Crippen LogP contribution in [0.2, 0.25) is 0 Å². The van der Waals surface area contributed by atoms with Crippen LogP contribution in [0.3, 0.4) is 0 Å². The lowest BCUT2D eigenvalue weighted by Crippen LogP contribution is -2.07. The minimum atomic E-state index is 0.546. The minimum absolute atomic E-state index is 0.546. The molecule has 0 spiro atoms. The Kier molecular flexibility index (Phi) is 7.80. The summed E-state index contributed by atoms with van der Waals surface area (Å²) in [5.74, 6) is 1.75. The molecule has 0 bridgehead atoms. The summed E-state index contributed by atoms with van der Waals surface area (Å²) in [5.41, 5.74) is 12.8. The van der Waals surface area contributed by atoms with E-state index in [0.29, 0.717) is 17.6 Å². The first-order valence-corrected chi connectivity index (χ1v) is 21.3. The lowest BCUT2D eigenvalue weighted by molar-refractivity contribution is 0.953. The Morgan fingerprint density at radius 2 is 0.746 bits per heavy atom. The quantitative estimate of drug-likeness (QED) is 0.168. The molecule has 4 heterocycles. The highest BCUT2D eigenvalue weighted by atomic mass is 15.2. The van der Waals surface area contributed by atoms with Gasteiger partial charge < -0.3 is 9.13 Å². The highest BCUT2D eigenvalue weighted by Crippen LogP contribution is 2.46. The zero-order chi connectivity index (χ0) is 41.4. The summed E-state index contributed by atoms with van der Waals surface area (Å²) in [4.78, 5) is 16.0. The van der Waals surface area contributed by atoms with Gasteiger partial charge in [-0.2, -0.15) is 9.97 Å². The van der Waals surface area contributed by atoms with E-state index in [-0.39, 0.29) is 0 Å². The van der Waals surface area contributed by atoms with Crippen LogP contribution < -0.4 is 0 Å². The highest BCUT2D eigenvalue weighted by Gasteiger charge is 2.27. The first-order chi connectivity index (χ1) is 31.3. The van der Waals surface area contributed by atoms with Gasteiger partial charge in [-0.3, -0.25) is 4.57 Å². The summed E-state index contributed by atoms with van der Waals surface area (Å²) in [5, 5.41) is 7.01. The van der Waals surface area contributed by atoms with Crippen molar-refractivity contribution in [3.05, 3.63) is 218 Å². The number of hydrogen-bond acceptors (Lipinski definition) is 3. The van der Waals surface area contributed by atoms with Gasteiger partial charge in [0.25, 0.3) is 0 Å². The van der Waals surface area contributed by atoms with Crippen LogP contribution in [-0.4, -0.2) is 28.7 Å². The number of rotatable bonds is 6.